The molecule has 0 saturated heterocycles. The van der Waals surface area contributed by atoms with Gasteiger partial charge in [-0.3, -0.25) is 0 Å². The zero-order chi connectivity index (χ0) is 15.1. The number of rotatable bonds is 7. The summed E-state index contributed by atoms with van der Waals surface area (Å²) in [5.74, 6) is 1.72. The first kappa shape index (κ1) is 15.6. The number of benzene rings is 2. The largest absolute Gasteiger partial charge is 0.457 e. The second-order valence-electron chi connectivity index (χ2n) is 5.40. The predicted molar refractivity (Wildman–Crippen MR) is 88.8 cm³/mol. The third kappa shape index (κ3) is 4.33. The van der Waals surface area contributed by atoms with Crippen molar-refractivity contribution in [1.29, 1.82) is 0 Å². The average Bonchev–Trinajstić information content (AvgIpc) is 2.54. The molecule has 2 N–H and O–H groups in total. The Hall–Kier alpha value is -1.80. The van der Waals surface area contributed by atoms with Crippen LogP contribution in [-0.2, 0) is 6.42 Å². The van der Waals surface area contributed by atoms with Gasteiger partial charge in [-0.25, -0.2) is 0 Å². The molecule has 0 unspecified atom stereocenters. The minimum Gasteiger partial charge on any atom is -0.457 e. The third-order valence-corrected chi connectivity index (χ3v) is 3.73. The lowest BCUT2D eigenvalue weighted by Gasteiger charge is -2.15. The summed E-state index contributed by atoms with van der Waals surface area (Å²) in [6.07, 6.45) is 4.49. The Balaban J connectivity index is 2.11. The summed E-state index contributed by atoms with van der Waals surface area (Å²) < 4.78 is 6.01. The van der Waals surface area contributed by atoms with Crippen molar-refractivity contribution in [2.45, 2.75) is 45.6 Å². The van der Waals surface area contributed by atoms with Crippen molar-refractivity contribution in [3.8, 4) is 11.5 Å². The first-order chi connectivity index (χ1) is 10.2. The van der Waals surface area contributed by atoms with Crippen molar-refractivity contribution in [3.63, 3.8) is 0 Å². The smallest absolute Gasteiger partial charge is 0.132 e. The van der Waals surface area contributed by atoms with E-state index < -0.39 is 0 Å². The Bertz CT molecular complexity index is 548. The van der Waals surface area contributed by atoms with E-state index in [1.54, 1.807) is 0 Å². The van der Waals surface area contributed by atoms with Gasteiger partial charge < -0.3 is 10.5 Å². The molecule has 112 valence electrons. The first-order valence-electron chi connectivity index (χ1n) is 7.85. The standard InChI is InChI=1S/C19H25NO/c1-3-5-8-15-11-13-16(14-12-15)21-19-10-7-6-9-17(19)18(20)4-2/h6-7,9-14,18H,3-5,8,20H2,1-2H3/t18-/m1/s1. The van der Waals surface area contributed by atoms with Crippen LogP contribution in [0.15, 0.2) is 48.5 Å². The van der Waals surface area contributed by atoms with E-state index in [0.29, 0.717) is 0 Å². The summed E-state index contributed by atoms with van der Waals surface area (Å²) >= 11 is 0. The number of nitrogens with two attached hydrogens (primary N) is 1. The molecule has 0 spiro atoms. The maximum Gasteiger partial charge on any atom is 0.132 e. The first-order valence-corrected chi connectivity index (χ1v) is 7.85. The molecule has 2 aromatic carbocycles. The highest BCUT2D eigenvalue weighted by Crippen LogP contribution is 2.30. The van der Waals surface area contributed by atoms with Gasteiger partial charge in [0.15, 0.2) is 0 Å². The quantitative estimate of drug-likeness (QED) is 0.755. The second kappa shape index (κ2) is 7.84. The topological polar surface area (TPSA) is 35.2 Å². The number of unbranched alkanes of at least 4 members (excludes halogenated alkanes) is 1. The molecule has 21 heavy (non-hydrogen) atoms. The zero-order valence-corrected chi connectivity index (χ0v) is 13.0. The van der Waals surface area contributed by atoms with E-state index in [1.165, 1.54) is 18.4 Å². The number of aryl methyl sites for hydroxylation is 1. The molecule has 2 nitrogen and oxygen atoms in total. The number of para-hydroxylation sites is 1. The molecule has 0 aliphatic rings. The van der Waals surface area contributed by atoms with Crippen molar-refractivity contribution in [1.82, 2.24) is 0 Å². The van der Waals surface area contributed by atoms with Crippen LogP contribution >= 0.6 is 0 Å². The summed E-state index contributed by atoms with van der Waals surface area (Å²) in [5, 5.41) is 0. The Morgan fingerprint density at radius 1 is 1.00 bits per heavy atom. The van der Waals surface area contributed by atoms with Gasteiger partial charge in [0.05, 0.1) is 0 Å². The van der Waals surface area contributed by atoms with Crippen LogP contribution in [0.25, 0.3) is 0 Å². The van der Waals surface area contributed by atoms with Gasteiger partial charge in [-0.05, 0) is 43.0 Å². The summed E-state index contributed by atoms with van der Waals surface area (Å²) in [6, 6.07) is 16.4. The lowest BCUT2D eigenvalue weighted by Crippen LogP contribution is -2.09. The van der Waals surface area contributed by atoms with E-state index in [1.807, 2.05) is 36.4 Å². The fourth-order valence-corrected chi connectivity index (χ4v) is 2.33. The fraction of sp³-hybridized carbons (Fsp3) is 0.368. The van der Waals surface area contributed by atoms with Gasteiger partial charge in [-0.15, -0.1) is 0 Å². The van der Waals surface area contributed by atoms with E-state index >= 15 is 0 Å². The van der Waals surface area contributed by atoms with Crippen LogP contribution in [0.3, 0.4) is 0 Å². The van der Waals surface area contributed by atoms with Crippen LogP contribution in [0.5, 0.6) is 11.5 Å². The summed E-state index contributed by atoms with van der Waals surface area (Å²) in [7, 11) is 0. The molecule has 0 radical (unpaired) electrons. The summed E-state index contributed by atoms with van der Waals surface area (Å²) in [4.78, 5) is 0. The Labute approximate surface area is 127 Å². The van der Waals surface area contributed by atoms with Gasteiger partial charge in [0.1, 0.15) is 11.5 Å². The molecule has 0 aliphatic carbocycles. The molecule has 0 amide bonds. The van der Waals surface area contributed by atoms with Crippen molar-refractivity contribution in [2.24, 2.45) is 5.73 Å². The Morgan fingerprint density at radius 3 is 2.38 bits per heavy atom. The molecule has 2 rings (SSSR count). The van der Waals surface area contributed by atoms with Crippen LogP contribution in [0.4, 0.5) is 0 Å². The van der Waals surface area contributed by atoms with Crippen LogP contribution in [0, 0.1) is 0 Å². The van der Waals surface area contributed by atoms with Gasteiger partial charge in [0.25, 0.3) is 0 Å². The molecular weight excluding hydrogens is 258 g/mol. The van der Waals surface area contributed by atoms with Crippen molar-refractivity contribution in [3.05, 3.63) is 59.7 Å². The van der Waals surface area contributed by atoms with Gasteiger partial charge in [-0.1, -0.05) is 50.6 Å². The highest BCUT2D eigenvalue weighted by Gasteiger charge is 2.10. The Kier molecular flexibility index (Phi) is 5.82. The van der Waals surface area contributed by atoms with Crippen molar-refractivity contribution >= 4 is 0 Å². The van der Waals surface area contributed by atoms with Gasteiger partial charge in [0.2, 0.25) is 0 Å². The lowest BCUT2D eigenvalue weighted by molar-refractivity contribution is 0.468. The predicted octanol–water partition coefficient (Wildman–Crippen LogP) is 5.23. The number of hydrogen-bond donors (Lipinski definition) is 1. The van der Waals surface area contributed by atoms with Crippen molar-refractivity contribution < 1.29 is 4.74 Å². The fourth-order valence-electron chi connectivity index (χ4n) is 2.33. The SMILES string of the molecule is CCCCc1ccc(Oc2ccccc2[C@H](N)CC)cc1. The number of ether oxygens (including phenoxy) is 1. The van der Waals surface area contributed by atoms with Crippen LogP contribution in [0.2, 0.25) is 0 Å². The van der Waals surface area contributed by atoms with E-state index in [0.717, 1.165) is 29.9 Å². The molecule has 2 heteroatoms. The molecular formula is C19H25NO. The third-order valence-electron chi connectivity index (χ3n) is 3.73. The molecule has 0 saturated carbocycles. The molecule has 0 bridgehead atoms. The summed E-state index contributed by atoms with van der Waals surface area (Å²) in [6.45, 7) is 4.30. The van der Waals surface area contributed by atoms with E-state index in [2.05, 4.69) is 26.0 Å². The highest BCUT2D eigenvalue weighted by molar-refractivity contribution is 5.40. The van der Waals surface area contributed by atoms with Gasteiger partial charge >= 0.3 is 0 Å². The van der Waals surface area contributed by atoms with E-state index in [9.17, 15) is 0 Å². The van der Waals surface area contributed by atoms with Gasteiger partial charge in [0, 0.05) is 11.6 Å². The molecule has 0 aliphatic heterocycles. The van der Waals surface area contributed by atoms with E-state index in [4.69, 9.17) is 10.5 Å². The molecule has 2 aromatic rings. The molecule has 0 fully saturated rings. The van der Waals surface area contributed by atoms with E-state index in [-0.39, 0.29) is 6.04 Å². The molecule has 0 aromatic heterocycles. The molecule has 1 atom stereocenters. The second-order valence-corrected chi connectivity index (χ2v) is 5.40. The minimum absolute atomic E-state index is 0.0185. The maximum atomic E-state index is 6.15. The zero-order valence-electron chi connectivity index (χ0n) is 13.0. The van der Waals surface area contributed by atoms with Crippen molar-refractivity contribution in [2.75, 3.05) is 0 Å². The van der Waals surface area contributed by atoms with Crippen LogP contribution < -0.4 is 10.5 Å². The Morgan fingerprint density at radius 2 is 1.71 bits per heavy atom. The van der Waals surface area contributed by atoms with Crippen LogP contribution in [0.1, 0.15) is 50.3 Å². The summed E-state index contributed by atoms with van der Waals surface area (Å²) in [5.41, 5.74) is 8.58. The lowest BCUT2D eigenvalue weighted by atomic mass is 10.0. The number of hydrogen-bond acceptors (Lipinski definition) is 2. The average molecular weight is 283 g/mol. The maximum absolute atomic E-state index is 6.15. The monoisotopic (exact) mass is 283 g/mol. The highest BCUT2D eigenvalue weighted by atomic mass is 16.5. The van der Waals surface area contributed by atoms with Crippen LogP contribution in [-0.4, -0.2) is 0 Å². The molecule has 0 heterocycles. The normalized spacial score (nSPS) is 12.1. The minimum atomic E-state index is 0.0185. The van der Waals surface area contributed by atoms with Gasteiger partial charge in [-0.2, -0.15) is 0 Å².